The van der Waals surface area contributed by atoms with Gasteiger partial charge >= 0.3 is 0 Å². The van der Waals surface area contributed by atoms with Gasteiger partial charge in [-0.2, -0.15) is 4.39 Å². The first kappa shape index (κ1) is 4.65. The monoisotopic (exact) mass is 119 g/mol. The summed E-state index contributed by atoms with van der Waals surface area (Å²) in [7, 11) is 0. The second-order valence-electron chi connectivity index (χ2n) is 0.969. The average Bonchev–Trinajstić information content (AvgIpc) is 1.87. The van der Waals surface area contributed by atoms with Crippen molar-refractivity contribution in [2.45, 2.75) is 0 Å². The molecular formula is C4HClFO. The van der Waals surface area contributed by atoms with E-state index in [1.54, 1.807) is 0 Å². The highest BCUT2D eigenvalue weighted by Crippen LogP contribution is 2.09. The first-order chi connectivity index (χ1) is 3.29. The van der Waals surface area contributed by atoms with Gasteiger partial charge in [0, 0.05) is 6.07 Å². The Balaban J connectivity index is 3.04. The number of rotatable bonds is 0. The Labute approximate surface area is 44.7 Å². The maximum atomic E-state index is 11.6. The molecule has 1 rings (SSSR count). The highest BCUT2D eigenvalue weighted by molar-refractivity contribution is 6.28. The van der Waals surface area contributed by atoms with E-state index in [1.165, 1.54) is 6.07 Å². The summed E-state index contributed by atoms with van der Waals surface area (Å²) in [6, 6.07) is 2.55. The van der Waals surface area contributed by atoms with Gasteiger partial charge < -0.3 is 4.42 Å². The molecular weight excluding hydrogens is 118 g/mol. The standard InChI is InChI=1S/C4HClFO/c5-3-1-2-4(6)7-3/h1H. The van der Waals surface area contributed by atoms with Gasteiger partial charge in [0.25, 0.3) is 6.01 Å². The zero-order valence-electron chi connectivity index (χ0n) is 3.24. The van der Waals surface area contributed by atoms with Gasteiger partial charge in [-0.15, -0.1) is 0 Å². The molecule has 1 aromatic heterocycles. The topological polar surface area (TPSA) is 13.1 Å². The molecule has 1 radical (unpaired) electrons. The molecule has 7 heavy (non-hydrogen) atoms. The van der Waals surface area contributed by atoms with Crippen molar-refractivity contribution in [1.82, 2.24) is 0 Å². The van der Waals surface area contributed by atoms with Gasteiger partial charge in [-0.25, -0.2) is 0 Å². The molecule has 0 aliphatic rings. The first-order valence-corrected chi connectivity index (χ1v) is 1.99. The lowest BCUT2D eigenvalue weighted by Gasteiger charge is -1.69. The smallest absolute Gasteiger partial charge is 0.287 e. The molecule has 1 aromatic rings. The van der Waals surface area contributed by atoms with E-state index in [4.69, 9.17) is 11.6 Å². The van der Waals surface area contributed by atoms with Crippen LogP contribution in [0.4, 0.5) is 4.39 Å². The molecule has 0 aromatic carbocycles. The van der Waals surface area contributed by atoms with Crippen LogP contribution in [0.2, 0.25) is 5.22 Å². The van der Waals surface area contributed by atoms with Crippen LogP contribution in [-0.2, 0) is 0 Å². The van der Waals surface area contributed by atoms with Crippen LogP contribution in [0.5, 0.6) is 0 Å². The fourth-order valence-corrected chi connectivity index (χ4v) is 0.380. The van der Waals surface area contributed by atoms with Crippen LogP contribution in [0.1, 0.15) is 0 Å². The molecule has 3 heteroatoms. The van der Waals surface area contributed by atoms with Gasteiger partial charge in [-0.3, -0.25) is 0 Å². The molecule has 0 spiro atoms. The van der Waals surface area contributed by atoms with E-state index in [0.717, 1.165) is 0 Å². The van der Waals surface area contributed by atoms with Crippen LogP contribution < -0.4 is 0 Å². The largest absolute Gasteiger partial charge is 0.419 e. The lowest BCUT2D eigenvalue weighted by molar-refractivity contribution is 0.359. The Bertz CT molecular complexity index is 144. The fraction of sp³-hybridized carbons (Fsp3) is 0. The highest BCUT2D eigenvalue weighted by Gasteiger charge is 1.93. The molecule has 0 unspecified atom stereocenters. The summed E-state index contributed by atoms with van der Waals surface area (Å²) in [5, 5.41) is 0.0255. The van der Waals surface area contributed by atoms with Crippen molar-refractivity contribution in [2.24, 2.45) is 0 Å². The van der Waals surface area contributed by atoms with Crippen LogP contribution >= 0.6 is 11.6 Å². The van der Waals surface area contributed by atoms with Crippen molar-refractivity contribution in [3.63, 3.8) is 0 Å². The average molecular weight is 120 g/mol. The molecule has 0 aliphatic heterocycles. The van der Waals surface area contributed by atoms with Crippen LogP contribution in [0, 0.1) is 12.1 Å². The van der Waals surface area contributed by atoms with E-state index in [1.807, 2.05) is 0 Å². The van der Waals surface area contributed by atoms with E-state index < -0.39 is 6.01 Å². The maximum Gasteiger partial charge on any atom is 0.287 e. The minimum atomic E-state index is -0.773. The number of hydrogen-bond acceptors (Lipinski definition) is 1. The van der Waals surface area contributed by atoms with Crippen LogP contribution in [0.25, 0.3) is 0 Å². The molecule has 1 heterocycles. The van der Waals surface area contributed by atoms with Gasteiger partial charge in [-0.1, -0.05) is 0 Å². The molecule has 0 aliphatic carbocycles. The molecule has 0 fully saturated rings. The van der Waals surface area contributed by atoms with Crippen molar-refractivity contribution in [3.05, 3.63) is 23.4 Å². The number of hydrogen-bond donors (Lipinski definition) is 0. The Morgan fingerprint density at radius 2 is 2.57 bits per heavy atom. The summed E-state index contributed by atoms with van der Waals surface area (Å²) >= 11 is 5.12. The summed E-state index contributed by atoms with van der Waals surface area (Å²) in [6.45, 7) is 0. The zero-order valence-corrected chi connectivity index (χ0v) is 4.00. The van der Waals surface area contributed by atoms with Crippen LogP contribution in [0.3, 0.4) is 0 Å². The van der Waals surface area contributed by atoms with E-state index in [0.29, 0.717) is 0 Å². The molecule has 0 atom stereocenters. The summed E-state index contributed by atoms with van der Waals surface area (Å²) in [5.74, 6) is 0. The van der Waals surface area contributed by atoms with Crippen molar-refractivity contribution in [1.29, 1.82) is 0 Å². The van der Waals surface area contributed by atoms with Gasteiger partial charge in [0.1, 0.15) is 0 Å². The Morgan fingerprint density at radius 3 is 2.71 bits per heavy atom. The van der Waals surface area contributed by atoms with Crippen molar-refractivity contribution >= 4 is 11.6 Å². The van der Waals surface area contributed by atoms with Crippen molar-refractivity contribution in [2.75, 3.05) is 0 Å². The second kappa shape index (κ2) is 1.54. The number of halogens is 2. The van der Waals surface area contributed by atoms with Gasteiger partial charge in [0.2, 0.25) is 0 Å². The van der Waals surface area contributed by atoms with Crippen LogP contribution in [-0.4, -0.2) is 0 Å². The Kier molecular flexibility index (Phi) is 1.02. The summed E-state index contributed by atoms with van der Waals surface area (Å²) in [6.07, 6.45) is 0. The third kappa shape index (κ3) is 0.933. The first-order valence-electron chi connectivity index (χ1n) is 1.61. The summed E-state index contributed by atoms with van der Waals surface area (Å²) in [5.41, 5.74) is 0. The second-order valence-corrected chi connectivity index (χ2v) is 1.34. The Morgan fingerprint density at radius 1 is 1.86 bits per heavy atom. The van der Waals surface area contributed by atoms with Gasteiger partial charge in [0.05, 0.1) is 6.07 Å². The highest BCUT2D eigenvalue weighted by atomic mass is 35.5. The molecule has 0 N–H and O–H groups in total. The third-order valence-electron chi connectivity index (χ3n) is 0.486. The van der Waals surface area contributed by atoms with Gasteiger partial charge in [-0.05, 0) is 11.6 Å². The lowest BCUT2D eigenvalue weighted by Crippen LogP contribution is -1.51. The minimum Gasteiger partial charge on any atom is -0.419 e. The van der Waals surface area contributed by atoms with E-state index in [-0.39, 0.29) is 5.22 Å². The Hall–Kier alpha value is -0.500. The molecule has 0 saturated carbocycles. The van der Waals surface area contributed by atoms with Crippen LogP contribution in [0.15, 0.2) is 10.5 Å². The SMILES string of the molecule is Fc1[c]cc(Cl)o1. The molecule has 1 nitrogen and oxygen atoms in total. The summed E-state index contributed by atoms with van der Waals surface area (Å²) in [4.78, 5) is 0. The van der Waals surface area contributed by atoms with Crippen molar-refractivity contribution < 1.29 is 8.81 Å². The fourth-order valence-electron chi connectivity index (χ4n) is 0.258. The molecule has 37 valence electrons. The van der Waals surface area contributed by atoms with E-state index >= 15 is 0 Å². The maximum absolute atomic E-state index is 11.6. The lowest BCUT2D eigenvalue weighted by atomic mass is 10.7. The molecule has 0 saturated heterocycles. The van der Waals surface area contributed by atoms with Crippen molar-refractivity contribution in [3.8, 4) is 0 Å². The van der Waals surface area contributed by atoms with Gasteiger partial charge in [0.15, 0.2) is 5.22 Å². The predicted octanol–water partition coefficient (Wildman–Crippen LogP) is 1.87. The summed E-state index contributed by atoms with van der Waals surface area (Å²) < 4.78 is 15.7. The quantitative estimate of drug-likeness (QED) is 0.508. The normalized spacial score (nSPS) is 9.43. The third-order valence-corrected chi connectivity index (χ3v) is 0.672. The number of furan rings is 1. The minimum absolute atomic E-state index is 0.0255. The van der Waals surface area contributed by atoms with E-state index in [2.05, 4.69) is 10.5 Å². The van der Waals surface area contributed by atoms with E-state index in [9.17, 15) is 4.39 Å². The molecule has 0 amide bonds. The predicted molar refractivity (Wildman–Crippen MR) is 22.5 cm³/mol. The molecule has 0 bridgehead atoms. The zero-order chi connectivity index (χ0) is 5.28.